The van der Waals surface area contributed by atoms with Crippen LogP contribution in [-0.2, 0) is 16.1 Å². The van der Waals surface area contributed by atoms with E-state index >= 15 is 0 Å². The Labute approximate surface area is 244 Å². The van der Waals surface area contributed by atoms with Crippen LogP contribution in [-0.4, -0.2) is 78.5 Å². The highest BCUT2D eigenvalue weighted by molar-refractivity contribution is 6.36. The van der Waals surface area contributed by atoms with E-state index in [9.17, 15) is 31.9 Å². The SMILES string of the molecule is COc1ccc2c(c1)[NH+](Cc1ccc(F)c(C(=O)N3CCN(C4CCCCC4)C(=O)C3)c1)N=CC2=O.O=C([O-])C(F)(F)F. The van der Waals surface area contributed by atoms with E-state index in [4.69, 9.17) is 14.6 Å². The number of quaternary nitrogens is 1. The number of carboxylic acid groups (broad SMARTS) is 1. The predicted octanol–water partition coefficient (Wildman–Crippen LogP) is 1.65. The highest BCUT2D eigenvalue weighted by Crippen LogP contribution is 2.25. The number of ketones is 1. The lowest BCUT2D eigenvalue weighted by molar-refractivity contribution is -0.854. The van der Waals surface area contributed by atoms with Crippen molar-refractivity contribution in [3.8, 4) is 5.75 Å². The first-order valence-electron chi connectivity index (χ1n) is 13.7. The van der Waals surface area contributed by atoms with Gasteiger partial charge in [-0.25, -0.2) is 4.39 Å². The summed E-state index contributed by atoms with van der Waals surface area (Å²) in [7, 11) is 1.55. The summed E-state index contributed by atoms with van der Waals surface area (Å²) in [6, 6.07) is 9.83. The maximum Gasteiger partial charge on any atom is 0.430 e. The van der Waals surface area contributed by atoms with E-state index in [0.29, 0.717) is 47.2 Å². The Hall–Kier alpha value is -4.33. The Morgan fingerprint density at radius 2 is 1.77 bits per heavy atom. The molecule has 1 saturated carbocycles. The van der Waals surface area contributed by atoms with E-state index < -0.39 is 23.9 Å². The molecule has 0 spiro atoms. The Morgan fingerprint density at radius 1 is 1.07 bits per heavy atom. The van der Waals surface area contributed by atoms with E-state index in [2.05, 4.69) is 5.10 Å². The number of halogens is 4. The Kier molecular flexibility index (Phi) is 9.79. The molecule has 2 heterocycles. The smallest absolute Gasteiger partial charge is 0.430 e. The summed E-state index contributed by atoms with van der Waals surface area (Å²) in [6.45, 7) is 1.15. The molecule has 230 valence electrons. The number of hydrogen-bond donors (Lipinski definition) is 1. The standard InChI is InChI=1S/C27H29FN4O4.C2HF3O2/c1-36-20-8-9-21-24(14-20)32(29-15-25(21)33)16-18-7-10-23(28)22(13-18)27(35)30-11-12-31(26(34)17-30)19-5-3-2-4-6-19;3-2(4,5)1(6)7/h7-10,13-15,19H,2-6,11-12,16-17H2,1H3;(H,6,7). The van der Waals surface area contributed by atoms with Crippen molar-refractivity contribution in [3.63, 3.8) is 0 Å². The fraction of sp³-hybridized carbons (Fsp3) is 0.414. The molecule has 43 heavy (non-hydrogen) atoms. The minimum atomic E-state index is -5.19. The minimum absolute atomic E-state index is 0.0318. The highest BCUT2D eigenvalue weighted by Gasteiger charge is 2.34. The van der Waals surface area contributed by atoms with Gasteiger partial charge in [-0.2, -0.15) is 18.2 Å². The predicted molar refractivity (Wildman–Crippen MR) is 142 cm³/mol. The van der Waals surface area contributed by atoms with Gasteiger partial charge in [0.25, 0.3) is 5.91 Å². The van der Waals surface area contributed by atoms with Crippen LogP contribution in [0.5, 0.6) is 5.75 Å². The van der Waals surface area contributed by atoms with Crippen LogP contribution in [0.3, 0.4) is 0 Å². The van der Waals surface area contributed by atoms with Gasteiger partial charge in [0, 0.05) is 30.8 Å². The molecule has 0 bridgehead atoms. The quantitative estimate of drug-likeness (QED) is 0.517. The number of piperazine rings is 1. The summed E-state index contributed by atoms with van der Waals surface area (Å²) in [6.07, 6.45) is 1.57. The van der Waals surface area contributed by atoms with Crippen molar-refractivity contribution < 1.29 is 51.6 Å². The topological polar surface area (TPSA) is 124 Å². The third-order valence-corrected chi connectivity index (χ3v) is 7.56. The third-order valence-electron chi connectivity index (χ3n) is 7.56. The van der Waals surface area contributed by atoms with Crippen molar-refractivity contribution in [3.05, 3.63) is 58.9 Å². The number of methoxy groups -OCH3 is 1. The molecule has 10 nitrogen and oxygen atoms in total. The number of alkyl halides is 3. The monoisotopic (exact) mass is 606 g/mol. The molecule has 2 aliphatic heterocycles. The number of benzene rings is 2. The fourth-order valence-electron chi connectivity index (χ4n) is 5.37. The number of nitrogens with one attached hydrogen (secondary N) is 1. The molecule has 1 atom stereocenters. The number of carbonyl (C=O) groups is 4. The van der Waals surface area contributed by atoms with Gasteiger partial charge in [-0.15, -0.1) is 0 Å². The summed E-state index contributed by atoms with van der Waals surface area (Å²) >= 11 is 0. The van der Waals surface area contributed by atoms with E-state index in [1.165, 1.54) is 29.7 Å². The first-order valence-corrected chi connectivity index (χ1v) is 13.7. The molecular weight excluding hydrogens is 576 g/mol. The van der Waals surface area contributed by atoms with Crippen LogP contribution >= 0.6 is 0 Å². The lowest BCUT2D eigenvalue weighted by atomic mass is 9.93. The second kappa shape index (κ2) is 13.3. The molecule has 2 aromatic carbocycles. The van der Waals surface area contributed by atoms with Crippen molar-refractivity contribution >= 4 is 35.5 Å². The third kappa shape index (κ3) is 7.55. The van der Waals surface area contributed by atoms with E-state index in [1.807, 2.05) is 4.90 Å². The largest absolute Gasteiger partial charge is 0.542 e. The zero-order chi connectivity index (χ0) is 31.3. The molecule has 2 aromatic rings. The van der Waals surface area contributed by atoms with Gasteiger partial charge < -0.3 is 24.4 Å². The normalized spacial score (nSPS) is 19.0. The number of rotatable bonds is 5. The first-order chi connectivity index (χ1) is 20.4. The number of carbonyl (C=O) groups excluding carboxylic acids is 4. The van der Waals surface area contributed by atoms with Crippen molar-refractivity contribution in [1.82, 2.24) is 9.80 Å². The van der Waals surface area contributed by atoms with E-state index in [0.717, 1.165) is 25.7 Å². The van der Waals surface area contributed by atoms with Gasteiger partial charge in [0.05, 0.1) is 18.2 Å². The maximum absolute atomic E-state index is 14.8. The minimum Gasteiger partial charge on any atom is -0.542 e. The van der Waals surface area contributed by atoms with Crippen LogP contribution in [0.4, 0.5) is 23.2 Å². The average molecular weight is 607 g/mol. The lowest BCUT2D eigenvalue weighted by Crippen LogP contribution is -3.01. The number of aliphatic carboxylic acids is 1. The second-order valence-corrected chi connectivity index (χ2v) is 10.4. The lowest BCUT2D eigenvalue weighted by Gasteiger charge is -2.40. The van der Waals surface area contributed by atoms with Gasteiger partial charge in [-0.05, 0) is 37.1 Å². The van der Waals surface area contributed by atoms with Gasteiger partial charge >= 0.3 is 6.18 Å². The molecule has 0 radical (unpaired) electrons. The first kappa shape index (κ1) is 31.6. The molecule has 1 saturated heterocycles. The van der Waals surface area contributed by atoms with Crippen LogP contribution < -0.4 is 14.9 Å². The Morgan fingerprint density at radius 3 is 2.40 bits per heavy atom. The number of ether oxygens (including phenoxy) is 1. The molecule has 14 heteroatoms. The van der Waals surface area contributed by atoms with Gasteiger partial charge in [-0.1, -0.05) is 30.4 Å². The molecule has 0 aromatic heterocycles. The molecule has 5 rings (SSSR count). The summed E-state index contributed by atoms with van der Waals surface area (Å²) in [5.74, 6) is -3.78. The number of nitrogens with zero attached hydrogens (tertiary/aromatic N) is 3. The molecule has 1 N–H and O–H groups in total. The number of amides is 2. The Bertz CT molecular complexity index is 1420. The Balaban J connectivity index is 0.000000541. The van der Waals surface area contributed by atoms with Crippen LogP contribution in [0, 0.1) is 5.82 Å². The van der Waals surface area contributed by atoms with Crippen molar-refractivity contribution in [2.75, 3.05) is 26.7 Å². The van der Waals surface area contributed by atoms with Crippen molar-refractivity contribution in [2.45, 2.75) is 50.9 Å². The number of Topliss-reactive ketones (excluding diaryl/α,β-unsaturated/α-hetero) is 1. The molecule has 1 aliphatic carbocycles. The van der Waals surface area contributed by atoms with Crippen LogP contribution in [0.2, 0.25) is 0 Å². The molecule has 2 amide bonds. The number of hydrogen-bond acceptors (Lipinski definition) is 7. The van der Waals surface area contributed by atoms with Crippen molar-refractivity contribution in [1.29, 1.82) is 0 Å². The molecular formula is C29H30F4N4O6. The summed E-state index contributed by atoms with van der Waals surface area (Å²) in [5, 5.41) is 13.7. The second-order valence-electron chi connectivity index (χ2n) is 10.4. The molecule has 3 aliphatic rings. The summed E-state index contributed by atoms with van der Waals surface area (Å²) in [4.78, 5) is 50.5. The van der Waals surface area contributed by atoms with E-state index in [-0.39, 0.29) is 29.8 Å². The highest BCUT2D eigenvalue weighted by atomic mass is 19.4. The zero-order valence-corrected chi connectivity index (χ0v) is 23.3. The van der Waals surface area contributed by atoms with Crippen LogP contribution in [0.15, 0.2) is 41.5 Å². The van der Waals surface area contributed by atoms with E-state index in [1.54, 1.807) is 31.4 Å². The fourth-order valence-corrected chi connectivity index (χ4v) is 5.37. The van der Waals surface area contributed by atoms with Gasteiger partial charge in [0.15, 0.2) is 5.69 Å². The van der Waals surface area contributed by atoms with Crippen molar-refractivity contribution in [2.24, 2.45) is 5.10 Å². The summed E-state index contributed by atoms with van der Waals surface area (Å²) < 4.78 is 51.6. The van der Waals surface area contributed by atoms with Gasteiger partial charge in [0.2, 0.25) is 11.7 Å². The summed E-state index contributed by atoms with van der Waals surface area (Å²) in [5.41, 5.74) is 1.80. The molecule has 2 fully saturated rings. The maximum atomic E-state index is 14.8. The van der Waals surface area contributed by atoms with Crippen LogP contribution in [0.25, 0.3) is 0 Å². The molecule has 1 unspecified atom stereocenters. The average Bonchev–Trinajstić information content (AvgIpc) is 2.99. The van der Waals surface area contributed by atoms with Crippen LogP contribution in [0.1, 0.15) is 58.4 Å². The number of carboxylic acids is 1. The van der Waals surface area contributed by atoms with Gasteiger partial charge in [0.1, 0.15) is 36.8 Å². The zero-order valence-electron chi connectivity index (χ0n) is 23.3. The number of fused-ring (bicyclic) bond motifs is 1. The van der Waals surface area contributed by atoms with Gasteiger partial charge in [-0.3, -0.25) is 14.4 Å².